The molecule has 1 heterocycles. The molecule has 2 rings (SSSR count). The lowest BCUT2D eigenvalue weighted by atomic mass is 10.1. The fourth-order valence-electron chi connectivity index (χ4n) is 1.53. The number of carbonyl (C=O) groups excluding carboxylic acids is 3. The van der Waals surface area contributed by atoms with Crippen LogP contribution in [-0.4, -0.2) is 30.4 Å². The minimum Gasteiger partial charge on any atom is -0.338 e. The highest BCUT2D eigenvalue weighted by molar-refractivity contribution is 6.03. The number of hydrogen-bond donors (Lipinski definition) is 3. The van der Waals surface area contributed by atoms with E-state index in [0.717, 1.165) is 6.07 Å². The van der Waals surface area contributed by atoms with Crippen LogP contribution < -0.4 is 16.0 Å². The molecule has 0 aromatic heterocycles. The molecule has 0 aliphatic carbocycles. The number of nitrogens with one attached hydrogen (secondary N) is 3. The molecular formula is C11H10FN3O3. The molecular weight excluding hydrogens is 241 g/mol. The minimum atomic E-state index is -0.908. The number of benzene rings is 1. The highest BCUT2D eigenvalue weighted by atomic mass is 19.1. The van der Waals surface area contributed by atoms with Crippen molar-refractivity contribution >= 4 is 17.8 Å². The molecule has 1 aromatic carbocycles. The zero-order chi connectivity index (χ0) is 13.1. The summed E-state index contributed by atoms with van der Waals surface area (Å²) in [7, 11) is 0. The first-order valence-corrected chi connectivity index (χ1v) is 5.22. The van der Waals surface area contributed by atoms with E-state index in [2.05, 4.69) is 10.6 Å². The second-order valence-electron chi connectivity index (χ2n) is 3.71. The van der Waals surface area contributed by atoms with Crippen molar-refractivity contribution in [2.75, 3.05) is 6.54 Å². The normalized spacial score (nSPS) is 18.8. The highest BCUT2D eigenvalue weighted by Crippen LogP contribution is 2.06. The van der Waals surface area contributed by atoms with Crippen LogP contribution in [0.1, 0.15) is 10.4 Å². The molecule has 1 unspecified atom stereocenters. The molecule has 1 atom stereocenters. The maximum atomic E-state index is 13.3. The summed E-state index contributed by atoms with van der Waals surface area (Å²) in [5.74, 6) is -2.00. The van der Waals surface area contributed by atoms with Crippen LogP contribution in [0, 0.1) is 5.82 Å². The molecule has 0 saturated carbocycles. The molecule has 4 amide bonds. The van der Waals surface area contributed by atoms with E-state index in [9.17, 15) is 18.8 Å². The van der Waals surface area contributed by atoms with E-state index >= 15 is 0 Å². The van der Waals surface area contributed by atoms with Gasteiger partial charge in [0.25, 0.3) is 11.8 Å². The Morgan fingerprint density at radius 1 is 1.33 bits per heavy atom. The summed E-state index contributed by atoms with van der Waals surface area (Å²) in [6, 6.07) is 3.91. The van der Waals surface area contributed by atoms with Crippen LogP contribution >= 0.6 is 0 Å². The Morgan fingerprint density at radius 2 is 2.06 bits per heavy atom. The Kier molecular flexibility index (Phi) is 3.22. The molecule has 7 heteroatoms. The number of rotatable bonds is 2. The molecule has 3 N–H and O–H groups in total. The van der Waals surface area contributed by atoms with Crippen LogP contribution in [0.15, 0.2) is 24.3 Å². The summed E-state index contributed by atoms with van der Waals surface area (Å²) >= 11 is 0. The Hall–Kier alpha value is -2.44. The van der Waals surface area contributed by atoms with E-state index < -0.39 is 29.7 Å². The Balaban J connectivity index is 2.06. The van der Waals surface area contributed by atoms with Crippen molar-refractivity contribution in [3.63, 3.8) is 0 Å². The second kappa shape index (κ2) is 4.82. The number of hydrogen-bond acceptors (Lipinski definition) is 3. The van der Waals surface area contributed by atoms with Gasteiger partial charge in [0.15, 0.2) is 0 Å². The lowest BCUT2D eigenvalue weighted by molar-refractivity contribution is -0.122. The summed E-state index contributed by atoms with van der Waals surface area (Å²) in [4.78, 5) is 33.9. The van der Waals surface area contributed by atoms with Gasteiger partial charge in [-0.2, -0.15) is 0 Å². The maximum absolute atomic E-state index is 13.3. The molecule has 1 aromatic rings. The van der Waals surface area contributed by atoms with Crippen LogP contribution in [0.25, 0.3) is 0 Å². The van der Waals surface area contributed by atoms with Crippen LogP contribution in [0.2, 0.25) is 0 Å². The summed E-state index contributed by atoms with van der Waals surface area (Å²) in [5.41, 5.74) is -0.151. The fourth-order valence-corrected chi connectivity index (χ4v) is 1.53. The SMILES string of the molecule is O=C1NCC(NC(=O)c2ccccc2F)C(=O)N1. The van der Waals surface area contributed by atoms with Crippen LogP contribution in [-0.2, 0) is 4.79 Å². The predicted octanol–water partition coefficient (Wildman–Crippen LogP) is -0.237. The molecule has 6 nitrogen and oxygen atoms in total. The summed E-state index contributed by atoms with van der Waals surface area (Å²) in [6.07, 6.45) is 0. The van der Waals surface area contributed by atoms with Crippen molar-refractivity contribution in [3.8, 4) is 0 Å². The molecule has 0 bridgehead atoms. The minimum absolute atomic E-state index is 0.0230. The standard InChI is InChI=1S/C11H10FN3O3/c12-7-4-2-1-3-6(7)9(16)14-8-5-13-11(18)15-10(8)17/h1-4,8H,5H2,(H,14,16)(H2,13,15,17,18). The van der Waals surface area contributed by atoms with Crippen molar-refractivity contribution in [1.29, 1.82) is 0 Å². The van der Waals surface area contributed by atoms with E-state index in [0.29, 0.717) is 0 Å². The predicted molar refractivity (Wildman–Crippen MR) is 59.2 cm³/mol. The molecule has 18 heavy (non-hydrogen) atoms. The summed E-state index contributed by atoms with van der Waals surface area (Å²) in [6.45, 7) is -0.0230. The smallest absolute Gasteiger partial charge is 0.321 e. The Morgan fingerprint density at radius 3 is 2.72 bits per heavy atom. The summed E-state index contributed by atoms with van der Waals surface area (Å²) < 4.78 is 13.3. The van der Waals surface area contributed by atoms with Crippen LogP contribution in [0.3, 0.4) is 0 Å². The second-order valence-corrected chi connectivity index (χ2v) is 3.71. The molecule has 1 aliphatic rings. The monoisotopic (exact) mass is 251 g/mol. The third-order valence-corrected chi connectivity index (χ3v) is 2.44. The van der Waals surface area contributed by atoms with Gasteiger partial charge < -0.3 is 10.6 Å². The fraction of sp³-hybridized carbons (Fsp3) is 0.182. The van der Waals surface area contributed by atoms with Gasteiger partial charge in [0, 0.05) is 6.54 Å². The number of urea groups is 1. The van der Waals surface area contributed by atoms with Gasteiger partial charge in [0.1, 0.15) is 11.9 Å². The first kappa shape index (κ1) is 12.0. The van der Waals surface area contributed by atoms with Gasteiger partial charge in [-0.05, 0) is 12.1 Å². The van der Waals surface area contributed by atoms with Crippen LogP contribution in [0.4, 0.5) is 9.18 Å². The van der Waals surface area contributed by atoms with Gasteiger partial charge >= 0.3 is 6.03 Å². The number of imide groups is 1. The van der Waals surface area contributed by atoms with Gasteiger partial charge in [-0.15, -0.1) is 0 Å². The number of amides is 4. The van der Waals surface area contributed by atoms with E-state index in [4.69, 9.17) is 0 Å². The van der Waals surface area contributed by atoms with E-state index in [-0.39, 0.29) is 12.1 Å². The van der Waals surface area contributed by atoms with Crippen molar-refractivity contribution in [2.45, 2.75) is 6.04 Å². The Labute approximate surface area is 102 Å². The number of halogens is 1. The maximum Gasteiger partial charge on any atom is 0.321 e. The first-order valence-electron chi connectivity index (χ1n) is 5.22. The molecule has 1 saturated heterocycles. The first-order chi connectivity index (χ1) is 8.58. The lowest BCUT2D eigenvalue weighted by Crippen LogP contribution is -2.61. The van der Waals surface area contributed by atoms with Gasteiger partial charge in [-0.25, -0.2) is 9.18 Å². The third kappa shape index (κ3) is 2.45. The number of carbonyl (C=O) groups is 3. The molecule has 1 fully saturated rings. The zero-order valence-corrected chi connectivity index (χ0v) is 9.20. The largest absolute Gasteiger partial charge is 0.338 e. The quantitative estimate of drug-likeness (QED) is 0.678. The topological polar surface area (TPSA) is 87.3 Å². The Bertz CT molecular complexity index is 518. The molecule has 94 valence electrons. The van der Waals surface area contributed by atoms with Crippen molar-refractivity contribution < 1.29 is 18.8 Å². The average molecular weight is 251 g/mol. The van der Waals surface area contributed by atoms with Gasteiger partial charge in [0.05, 0.1) is 5.56 Å². The van der Waals surface area contributed by atoms with Crippen molar-refractivity contribution in [3.05, 3.63) is 35.6 Å². The summed E-state index contributed by atoms with van der Waals surface area (Å²) in [5, 5.41) is 6.70. The molecule has 0 radical (unpaired) electrons. The van der Waals surface area contributed by atoms with Crippen molar-refractivity contribution in [2.24, 2.45) is 0 Å². The molecule has 1 aliphatic heterocycles. The van der Waals surface area contributed by atoms with E-state index in [1.165, 1.54) is 18.2 Å². The zero-order valence-electron chi connectivity index (χ0n) is 9.20. The van der Waals surface area contributed by atoms with Gasteiger partial charge in [-0.1, -0.05) is 12.1 Å². The average Bonchev–Trinajstić information content (AvgIpc) is 2.33. The lowest BCUT2D eigenvalue weighted by Gasteiger charge is -2.22. The third-order valence-electron chi connectivity index (χ3n) is 2.44. The van der Waals surface area contributed by atoms with E-state index in [1.54, 1.807) is 0 Å². The van der Waals surface area contributed by atoms with E-state index in [1.807, 2.05) is 5.32 Å². The van der Waals surface area contributed by atoms with Crippen molar-refractivity contribution in [1.82, 2.24) is 16.0 Å². The van der Waals surface area contributed by atoms with Gasteiger partial charge in [0.2, 0.25) is 0 Å². The van der Waals surface area contributed by atoms with Gasteiger partial charge in [-0.3, -0.25) is 14.9 Å². The highest BCUT2D eigenvalue weighted by Gasteiger charge is 2.28. The molecule has 0 spiro atoms. The van der Waals surface area contributed by atoms with Crippen LogP contribution in [0.5, 0.6) is 0 Å².